The molecule has 0 aromatic rings. The van der Waals surface area contributed by atoms with Gasteiger partial charge in [0.2, 0.25) is 0 Å². The molecule has 2 heterocycles. The molecule has 2 atom stereocenters. The van der Waals surface area contributed by atoms with Crippen LogP contribution in [0.3, 0.4) is 0 Å². The lowest BCUT2D eigenvalue weighted by atomic mass is 9.83. The molecule has 1 saturated carbocycles. The van der Waals surface area contributed by atoms with E-state index < -0.39 is 0 Å². The van der Waals surface area contributed by atoms with Gasteiger partial charge in [-0.05, 0) is 52.1 Å². The summed E-state index contributed by atoms with van der Waals surface area (Å²) in [6.45, 7) is 3.52. The molecule has 2 saturated heterocycles. The Morgan fingerprint density at radius 1 is 1.00 bits per heavy atom. The van der Waals surface area contributed by atoms with E-state index in [0.29, 0.717) is 12.1 Å². The van der Waals surface area contributed by atoms with Crippen LogP contribution in [0, 0.1) is 0 Å². The van der Waals surface area contributed by atoms with Gasteiger partial charge in [-0.3, -0.25) is 0 Å². The van der Waals surface area contributed by atoms with E-state index in [2.05, 4.69) is 17.3 Å². The average molecular weight is 280 g/mol. The highest BCUT2D eigenvalue weighted by Crippen LogP contribution is 2.41. The van der Waals surface area contributed by atoms with Gasteiger partial charge in [0.25, 0.3) is 0 Å². The summed E-state index contributed by atoms with van der Waals surface area (Å²) in [5.74, 6) is 0. The molecule has 1 N–H and O–H groups in total. The van der Waals surface area contributed by atoms with Gasteiger partial charge in [0.1, 0.15) is 0 Å². The average Bonchev–Trinajstić information content (AvgIpc) is 2.83. The lowest BCUT2D eigenvalue weighted by Gasteiger charge is -2.34. The summed E-state index contributed by atoms with van der Waals surface area (Å²) >= 11 is 0. The van der Waals surface area contributed by atoms with Gasteiger partial charge in [0.15, 0.2) is 0 Å². The second-order valence-corrected chi connectivity index (χ2v) is 7.39. The van der Waals surface area contributed by atoms with Gasteiger partial charge < -0.3 is 15.0 Å². The Morgan fingerprint density at radius 2 is 1.85 bits per heavy atom. The van der Waals surface area contributed by atoms with Crippen molar-refractivity contribution in [2.45, 2.75) is 82.0 Å². The van der Waals surface area contributed by atoms with Crippen LogP contribution in [0.15, 0.2) is 0 Å². The predicted molar refractivity (Wildman–Crippen MR) is 83.1 cm³/mol. The fourth-order valence-electron chi connectivity index (χ4n) is 4.47. The van der Waals surface area contributed by atoms with Gasteiger partial charge in [-0.15, -0.1) is 0 Å². The van der Waals surface area contributed by atoms with E-state index in [4.69, 9.17) is 4.74 Å². The molecule has 1 aliphatic carbocycles. The normalized spacial score (nSPS) is 33.9. The standard InChI is InChI=1S/C17H32N2O/c1-19(13-15-7-3-6-12-18-15)14-16-8-11-17(20-16)9-4-2-5-10-17/h15-16,18H,2-14H2,1H3. The van der Waals surface area contributed by atoms with E-state index in [1.165, 1.54) is 77.3 Å². The van der Waals surface area contributed by atoms with Crippen LogP contribution in [0.1, 0.15) is 64.2 Å². The van der Waals surface area contributed by atoms with Crippen LogP contribution in [0.4, 0.5) is 0 Å². The Kier molecular flexibility index (Phi) is 5.00. The number of hydrogen-bond acceptors (Lipinski definition) is 3. The first-order chi connectivity index (χ1) is 9.76. The summed E-state index contributed by atoms with van der Waals surface area (Å²) in [5.41, 5.74) is 0.285. The molecule has 1 spiro atoms. The molecule has 2 aliphatic heterocycles. The van der Waals surface area contributed by atoms with E-state index in [1.54, 1.807) is 0 Å². The molecule has 3 rings (SSSR count). The zero-order chi connectivity index (χ0) is 13.8. The third-order valence-electron chi connectivity index (χ3n) is 5.56. The van der Waals surface area contributed by atoms with Gasteiger partial charge in [-0.2, -0.15) is 0 Å². The zero-order valence-corrected chi connectivity index (χ0v) is 13.2. The number of ether oxygens (including phenoxy) is 1. The van der Waals surface area contributed by atoms with E-state index >= 15 is 0 Å². The number of nitrogens with zero attached hydrogens (tertiary/aromatic N) is 1. The molecule has 2 unspecified atom stereocenters. The number of nitrogens with one attached hydrogen (secondary N) is 1. The minimum atomic E-state index is 0.285. The van der Waals surface area contributed by atoms with Crippen molar-refractivity contribution in [1.29, 1.82) is 0 Å². The summed E-state index contributed by atoms with van der Waals surface area (Å²) in [7, 11) is 2.27. The highest BCUT2D eigenvalue weighted by molar-refractivity contribution is 4.92. The molecule has 0 aromatic heterocycles. The minimum absolute atomic E-state index is 0.285. The third kappa shape index (κ3) is 3.75. The van der Waals surface area contributed by atoms with Crippen molar-refractivity contribution in [2.75, 3.05) is 26.7 Å². The van der Waals surface area contributed by atoms with E-state index in [-0.39, 0.29) is 5.60 Å². The van der Waals surface area contributed by atoms with Crippen LogP contribution < -0.4 is 5.32 Å². The lowest BCUT2D eigenvalue weighted by Crippen LogP contribution is -2.44. The van der Waals surface area contributed by atoms with Crippen LogP contribution in [0.25, 0.3) is 0 Å². The van der Waals surface area contributed by atoms with E-state index in [9.17, 15) is 0 Å². The maximum atomic E-state index is 6.49. The van der Waals surface area contributed by atoms with Crippen molar-refractivity contribution in [3.8, 4) is 0 Å². The van der Waals surface area contributed by atoms with Crippen molar-refractivity contribution >= 4 is 0 Å². The number of likely N-dealkylation sites (N-methyl/N-ethyl adjacent to an activating group) is 1. The highest BCUT2D eigenvalue weighted by Gasteiger charge is 2.40. The first kappa shape index (κ1) is 14.8. The third-order valence-corrected chi connectivity index (χ3v) is 5.56. The van der Waals surface area contributed by atoms with E-state index in [1.807, 2.05) is 0 Å². The fraction of sp³-hybridized carbons (Fsp3) is 1.00. The minimum Gasteiger partial charge on any atom is -0.370 e. The van der Waals surface area contributed by atoms with Crippen molar-refractivity contribution in [2.24, 2.45) is 0 Å². The lowest BCUT2D eigenvalue weighted by molar-refractivity contribution is -0.0706. The topological polar surface area (TPSA) is 24.5 Å². The largest absolute Gasteiger partial charge is 0.370 e. The molecule has 0 amide bonds. The summed E-state index contributed by atoms with van der Waals surface area (Å²) in [6, 6.07) is 0.707. The molecule has 20 heavy (non-hydrogen) atoms. The van der Waals surface area contributed by atoms with Crippen LogP contribution in [-0.2, 0) is 4.74 Å². The molecule has 3 nitrogen and oxygen atoms in total. The Balaban J connectivity index is 1.41. The maximum absolute atomic E-state index is 6.49. The molecule has 3 fully saturated rings. The van der Waals surface area contributed by atoms with Gasteiger partial charge in [0, 0.05) is 19.1 Å². The Bertz CT molecular complexity index is 295. The van der Waals surface area contributed by atoms with Crippen molar-refractivity contribution in [3.05, 3.63) is 0 Å². The number of hydrogen-bond donors (Lipinski definition) is 1. The number of rotatable bonds is 4. The first-order valence-electron chi connectivity index (χ1n) is 8.86. The Hall–Kier alpha value is -0.120. The smallest absolute Gasteiger partial charge is 0.0710 e. The SMILES string of the molecule is CN(CC1CCCCN1)CC1CCC2(CCCCC2)O1. The van der Waals surface area contributed by atoms with Crippen LogP contribution in [0.5, 0.6) is 0 Å². The first-order valence-corrected chi connectivity index (χ1v) is 8.86. The second-order valence-electron chi connectivity index (χ2n) is 7.39. The maximum Gasteiger partial charge on any atom is 0.0710 e. The molecular formula is C17H32N2O. The summed E-state index contributed by atoms with van der Waals surface area (Å²) in [6.07, 6.45) is 14.0. The molecule has 3 aliphatic rings. The van der Waals surface area contributed by atoms with Crippen LogP contribution in [-0.4, -0.2) is 49.3 Å². The summed E-state index contributed by atoms with van der Waals surface area (Å²) in [4.78, 5) is 2.50. The van der Waals surface area contributed by atoms with Gasteiger partial charge in [-0.25, -0.2) is 0 Å². The molecule has 0 radical (unpaired) electrons. The van der Waals surface area contributed by atoms with Crippen molar-refractivity contribution in [3.63, 3.8) is 0 Å². The highest BCUT2D eigenvalue weighted by atomic mass is 16.5. The molecule has 3 heteroatoms. The Labute approximate surface area is 124 Å². The summed E-state index contributed by atoms with van der Waals surface area (Å²) < 4.78 is 6.49. The van der Waals surface area contributed by atoms with Gasteiger partial charge in [-0.1, -0.05) is 25.7 Å². The van der Waals surface area contributed by atoms with Gasteiger partial charge >= 0.3 is 0 Å². The van der Waals surface area contributed by atoms with Crippen molar-refractivity contribution in [1.82, 2.24) is 10.2 Å². The van der Waals surface area contributed by atoms with E-state index in [0.717, 1.165) is 6.54 Å². The Morgan fingerprint density at radius 3 is 2.60 bits per heavy atom. The monoisotopic (exact) mass is 280 g/mol. The van der Waals surface area contributed by atoms with Crippen molar-refractivity contribution < 1.29 is 4.74 Å². The second kappa shape index (κ2) is 6.76. The fourth-order valence-corrected chi connectivity index (χ4v) is 4.47. The van der Waals surface area contributed by atoms with Gasteiger partial charge in [0.05, 0.1) is 11.7 Å². The molecule has 0 bridgehead atoms. The predicted octanol–water partition coefficient (Wildman–Crippen LogP) is 2.94. The molecule has 0 aromatic carbocycles. The molecular weight excluding hydrogens is 248 g/mol. The molecule has 116 valence electrons. The summed E-state index contributed by atoms with van der Waals surface area (Å²) in [5, 5.41) is 3.65. The van der Waals surface area contributed by atoms with Crippen LogP contribution in [0.2, 0.25) is 0 Å². The van der Waals surface area contributed by atoms with Crippen LogP contribution >= 0.6 is 0 Å². The quantitative estimate of drug-likeness (QED) is 0.857. The number of piperidine rings is 1. The zero-order valence-electron chi connectivity index (χ0n) is 13.2.